The summed E-state index contributed by atoms with van der Waals surface area (Å²) in [5, 5.41) is 9.05. The van der Waals surface area contributed by atoms with Crippen molar-refractivity contribution < 1.29 is 0 Å². The summed E-state index contributed by atoms with van der Waals surface area (Å²) in [6.45, 7) is 0. The third-order valence-electron chi connectivity index (χ3n) is 2.54. The van der Waals surface area contributed by atoms with Crippen LogP contribution in [0.2, 0.25) is 0 Å². The molecule has 0 spiro atoms. The predicted molar refractivity (Wildman–Crippen MR) is 95.8 cm³/mol. The van der Waals surface area contributed by atoms with Crippen LogP contribution in [0.3, 0.4) is 0 Å². The number of thiophene rings is 1. The summed E-state index contributed by atoms with van der Waals surface area (Å²) in [6.07, 6.45) is 1.80. The van der Waals surface area contributed by atoms with Crippen molar-refractivity contribution in [1.29, 1.82) is 0 Å². The number of nitrogens with one attached hydrogen (secondary N) is 1. The van der Waals surface area contributed by atoms with E-state index in [1.807, 2.05) is 22.9 Å². The van der Waals surface area contributed by atoms with E-state index in [1.165, 1.54) is 3.57 Å². The molecular weight excluding hydrogens is 401 g/mol. The van der Waals surface area contributed by atoms with E-state index >= 15 is 0 Å². The van der Waals surface area contributed by atoms with Crippen LogP contribution in [0.1, 0.15) is 4.88 Å². The Morgan fingerprint density at radius 3 is 2.75 bits per heavy atom. The van der Waals surface area contributed by atoms with E-state index in [0.717, 1.165) is 21.3 Å². The van der Waals surface area contributed by atoms with Gasteiger partial charge in [-0.05, 0) is 46.2 Å². The summed E-state index contributed by atoms with van der Waals surface area (Å²) in [7, 11) is 0. The first kappa shape index (κ1) is 13.7. The molecular formula is C14H10IN3S2. The number of halogens is 1. The number of thiazole rings is 1. The van der Waals surface area contributed by atoms with E-state index in [1.54, 1.807) is 28.9 Å². The van der Waals surface area contributed by atoms with Gasteiger partial charge in [-0.15, -0.1) is 22.7 Å². The molecule has 3 nitrogen and oxygen atoms in total. The van der Waals surface area contributed by atoms with Crippen LogP contribution in [0.25, 0.3) is 11.3 Å². The fourth-order valence-electron chi connectivity index (χ4n) is 1.59. The van der Waals surface area contributed by atoms with Crippen LogP contribution in [0.5, 0.6) is 0 Å². The maximum Gasteiger partial charge on any atom is 0.203 e. The second kappa shape index (κ2) is 6.47. The average molecular weight is 411 g/mol. The van der Waals surface area contributed by atoms with Gasteiger partial charge in [-0.3, -0.25) is 5.43 Å². The van der Waals surface area contributed by atoms with Crippen LogP contribution in [0, 0.1) is 3.57 Å². The molecule has 3 aromatic rings. The molecule has 0 aliphatic carbocycles. The van der Waals surface area contributed by atoms with E-state index in [-0.39, 0.29) is 0 Å². The van der Waals surface area contributed by atoms with Crippen molar-refractivity contribution in [3.05, 3.63) is 55.6 Å². The molecule has 0 saturated carbocycles. The fraction of sp³-hybridized carbons (Fsp3) is 0. The van der Waals surface area contributed by atoms with Gasteiger partial charge in [0.25, 0.3) is 0 Å². The first-order valence-corrected chi connectivity index (χ1v) is 8.69. The van der Waals surface area contributed by atoms with E-state index in [4.69, 9.17) is 0 Å². The van der Waals surface area contributed by atoms with Gasteiger partial charge < -0.3 is 0 Å². The largest absolute Gasteiger partial charge is 0.253 e. The maximum atomic E-state index is 4.52. The predicted octanol–water partition coefficient (Wildman–Crippen LogP) is 4.92. The molecule has 100 valence electrons. The minimum atomic E-state index is 0.798. The van der Waals surface area contributed by atoms with Crippen molar-refractivity contribution in [1.82, 2.24) is 4.98 Å². The summed E-state index contributed by atoms with van der Waals surface area (Å²) in [6, 6.07) is 12.3. The van der Waals surface area contributed by atoms with Gasteiger partial charge in [0.1, 0.15) is 0 Å². The Kier molecular flexibility index (Phi) is 4.44. The molecule has 2 heterocycles. The Labute approximate surface area is 138 Å². The number of hydrazone groups is 1. The monoisotopic (exact) mass is 411 g/mol. The van der Waals surface area contributed by atoms with Crippen LogP contribution in [0.15, 0.2) is 52.3 Å². The highest BCUT2D eigenvalue weighted by Crippen LogP contribution is 2.25. The molecule has 1 N–H and O–H groups in total. The Balaban J connectivity index is 1.69. The molecule has 0 unspecified atom stereocenters. The lowest BCUT2D eigenvalue weighted by Crippen LogP contribution is -1.88. The first-order chi connectivity index (χ1) is 9.81. The Morgan fingerprint density at radius 2 is 2.00 bits per heavy atom. The molecule has 0 atom stereocenters. The van der Waals surface area contributed by atoms with Gasteiger partial charge in [0, 0.05) is 19.4 Å². The minimum Gasteiger partial charge on any atom is -0.253 e. The summed E-state index contributed by atoms with van der Waals surface area (Å²) >= 11 is 5.50. The minimum absolute atomic E-state index is 0.798. The van der Waals surface area contributed by atoms with Gasteiger partial charge in [0.05, 0.1) is 11.9 Å². The summed E-state index contributed by atoms with van der Waals surface area (Å²) in [5.74, 6) is 0. The zero-order valence-electron chi connectivity index (χ0n) is 10.3. The summed E-state index contributed by atoms with van der Waals surface area (Å²) in [5.41, 5.74) is 5.06. The number of aromatic nitrogens is 1. The molecule has 0 bridgehead atoms. The van der Waals surface area contributed by atoms with Gasteiger partial charge >= 0.3 is 0 Å². The Hall–Kier alpha value is -1.25. The van der Waals surface area contributed by atoms with Crippen molar-refractivity contribution in [2.75, 3.05) is 5.43 Å². The van der Waals surface area contributed by atoms with E-state index in [9.17, 15) is 0 Å². The third-order valence-corrected chi connectivity index (χ3v) is 4.81. The van der Waals surface area contributed by atoms with E-state index < -0.39 is 0 Å². The summed E-state index contributed by atoms with van der Waals surface area (Å²) < 4.78 is 1.22. The summed E-state index contributed by atoms with van der Waals surface area (Å²) in [4.78, 5) is 5.64. The highest BCUT2D eigenvalue weighted by molar-refractivity contribution is 14.1. The van der Waals surface area contributed by atoms with Crippen LogP contribution >= 0.6 is 45.3 Å². The molecule has 6 heteroatoms. The maximum absolute atomic E-state index is 4.52. The van der Waals surface area contributed by atoms with Crippen molar-refractivity contribution >= 4 is 56.6 Å². The number of nitrogens with zero attached hydrogens (tertiary/aromatic N) is 2. The van der Waals surface area contributed by atoms with Crippen LogP contribution in [-0.2, 0) is 0 Å². The van der Waals surface area contributed by atoms with E-state index in [0.29, 0.717) is 0 Å². The Bertz CT molecular complexity index is 702. The van der Waals surface area contributed by atoms with Crippen LogP contribution < -0.4 is 5.43 Å². The molecule has 0 aliphatic heterocycles. The lowest BCUT2D eigenvalue weighted by atomic mass is 10.2. The molecule has 0 fully saturated rings. The number of hydrogen-bond acceptors (Lipinski definition) is 5. The standard InChI is InChI=1S/C14H10IN3S2/c15-11-5-3-10(4-6-11)13-9-20-14(17-13)18-16-8-12-2-1-7-19-12/h1-9H,(H,17,18)/b16-8-. The molecule has 2 aromatic heterocycles. The van der Waals surface area contributed by atoms with Gasteiger partial charge in [-0.1, -0.05) is 18.2 Å². The van der Waals surface area contributed by atoms with Crippen molar-refractivity contribution in [3.8, 4) is 11.3 Å². The molecule has 0 amide bonds. The molecule has 3 rings (SSSR count). The first-order valence-electron chi connectivity index (χ1n) is 5.85. The van der Waals surface area contributed by atoms with Crippen molar-refractivity contribution in [2.45, 2.75) is 0 Å². The second-order valence-corrected chi connectivity index (χ2v) is 7.01. The molecule has 0 radical (unpaired) electrons. The molecule has 20 heavy (non-hydrogen) atoms. The fourth-order valence-corrected chi connectivity index (χ4v) is 3.21. The van der Waals surface area contributed by atoms with Crippen molar-refractivity contribution in [3.63, 3.8) is 0 Å². The van der Waals surface area contributed by atoms with Gasteiger partial charge in [-0.2, -0.15) is 5.10 Å². The molecule has 1 aromatic carbocycles. The smallest absolute Gasteiger partial charge is 0.203 e. The highest BCUT2D eigenvalue weighted by Gasteiger charge is 2.03. The molecule has 0 saturated heterocycles. The van der Waals surface area contributed by atoms with Gasteiger partial charge in [0.2, 0.25) is 5.13 Å². The third kappa shape index (κ3) is 3.44. The number of benzene rings is 1. The average Bonchev–Trinajstić information content (AvgIpc) is 3.11. The topological polar surface area (TPSA) is 37.3 Å². The SMILES string of the molecule is Ic1ccc(-c2csc(N/N=C\c3cccs3)n2)cc1. The van der Waals surface area contributed by atoms with Crippen LogP contribution in [-0.4, -0.2) is 11.2 Å². The quantitative estimate of drug-likeness (QED) is 0.376. The second-order valence-electron chi connectivity index (χ2n) is 3.93. The lowest BCUT2D eigenvalue weighted by Gasteiger charge is -1.96. The number of hydrogen-bond donors (Lipinski definition) is 1. The number of rotatable bonds is 4. The highest BCUT2D eigenvalue weighted by atomic mass is 127. The normalized spacial score (nSPS) is 11.1. The van der Waals surface area contributed by atoms with E-state index in [2.05, 4.69) is 62.4 Å². The zero-order valence-corrected chi connectivity index (χ0v) is 14.1. The molecule has 0 aliphatic rings. The van der Waals surface area contributed by atoms with Crippen molar-refractivity contribution in [2.24, 2.45) is 5.10 Å². The van der Waals surface area contributed by atoms with Crippen LogP contribution in [0.4, 0.5) is 5.13 Å². The lowest BCUT2D eigenvalue weighted by molar-refractivity contribution is 1.29. The van der Waals surface area contributed by atoms with Gasteiger partial charge in [0.15, 0.2) is 0 Å². The Morgan fingerprint density at radius 1 is 1.15 bits per heavy atom. The number of anilines is 1. The zero-order chi connectivity index (χ0) is 13.8. The van der Waals surface area contributed by atoms with Gasteiger partial charge in [-0.25, -0.2) is 4.98 Å².